The molecule has 2 rings (SSSR count). The van der Waals surface area contributed by atoms with Gasteiger partial charge in [0.05, 0.1) is 24.4 Å². The number of anilines is 1. The van der Waals surface area contributed by atoms with E-state index < -0.39 is 11.8 Å². The molecule has 25 heavy (non-hydrogen) atoms. The summed E-state index contributed by atoms with van der Waals surface area (Å²) >= 11 is 6.00. The second-order valence-electron chi connectivity index (χ2n) is 5.23. The van der Waals surface area contributed by atoms with Crippen molar-refractivity contribution in [3.05, 3.63) is 58.6 Å². The van der Waals surface area contributed by atoms with Crippen LogP contribution in [0.15, 0.2) is 42.5 Å². The van der Waals surface area contributed by atoms with Crippen LogP contribution < -0.4 is 15.4 Å². The molecule has 6 nitrogen and oxygen atoms in total. The Morgan fingerprint density at radius 1 is 1.00 bits per heavy atom. The van der Waals surface area contributed by atoms with Crippen LogP contribution in [-0.2, 0) is 27.5 Å². The Morgan fingerprint density at radius 3 is 2.32 bits per heavy atom. The quantitative estimate of drug-likeness (QED) is 0.775. The summed E-state index contributed by atoms with van der Waals surface area (Å²) in [5.74, 6) is -1.03. The van der Waals surface area contributed by atoms with Gasteiger partial charge in [-0.2, -0.15) is 0 Å². The van der Waals surface area contributed by atoms with Crippen molar-refractivity contribution in [2.45, 2.75) is 13.2 Å². The van der Waals surface area contributed by atoms with Gasteiger partial charge in [-0.15, -0.1) is 0 Å². The number of carbonyl (C=O) groups excluding carboxylic acids is 2. The highest BCUT2D eigenvalue weighted by Gasteiger charge is 2.15. The lowest BCUT2D eigenvalue weighted by molar-refractivity contribution is -0.136. The Hall–Kier alpha value is -2.57. The van der Waals surface area contributed by atoms with Crippen LogP contribution in [0.2, 0.25) is 5.02 Å². The van der Waals surface area contributed by atoms with Crippen LogP contribution in [0.25, 0.3) is 0 Å². The van der Waals surface area contributed by atoms with Gasteiger partial charge in [-0.1, -0.05) is 35.9 Å². The summed E-state index contributed by atoms with van der Waals surface area (Å²) in [6.45, 7) is 0.766. The number of carbonyl (C=O) groups is 2. The minimum absolute atomic E-state index is 0.241. The number of rotatable bonds is 6. The summed E-state index contributed by atoms with van der Waals surface area (Å²) in [5, 5.41) is 5.34. The fraction of sp³-hybridized carbons (Fsp3) is 0.222. The molecular weight excluding hydrogens is 344 g/mol. The number of methoxy groups -OCH3 is 2. The summed E-state index contributed by atoms with van der Waals surface area (Å²) in [4.78, 5) is 23.9. The van der Waals surface area contributed by atoms with Crippen molar-refractivity contribution in [2.75, 3.05) is 19.5 Å². The van der Waals surface area contributed by atoms with Crippen LogP contribution in [0.1, 0.15) is 11.1 Å². The van der Waals surface area contributed by atoms with Crippen LogP contribution in [-0.4, -0.2) is 26.0 Å². The van der Waals surface area contributed by atoms with Gasteiger partial charge in [0.2, 0.25) is 0 Å². The summed E-state index contributed by atoms with van der Waals surface area (Å²) in [6.07, 6.45) is 0. The molecule has 2 aromatic rings. The van der Waals surface area contributed by atoms with E-state index in [0.717, 1.165) is 11.1 Å². The fourth-order valence-electron chi connectivity index (χ4n) is 2.09. The average Bonchev–Trinajstić information content (AvgIpc) is 2.62. The van der Waals surface area contributed by atoms with Crippen LogP contribution in [0, 0.1) is 0 Å². The average molecular weight is 363 g/mol. The van der Waals surface area contributed by atoms with Crippen molar-refractivity contribution < 1.29 is 19.1 Å². The molecule has 0 saturated heterocycles. The number of benzene rings is 2. The van der Waals surface area contributed by atoms with Crippen LogP contribution in [0.3, 0.4) is 0 Å². The van der Waals surface area contributed by atoms with E-state index in [1.54, 1.807) is 25.3 Å². The van der Waals surface area contributed by atoms with Crippen molar-refractivity contribution in [3.63, 3.8) is 0 Å². The lowest BCUT2D eigenvalue weighted by Gasteiger charge is -2.10. The fourth-order valence-corrected chi connectivity index (χ4v) is 2.25. The van der Waals surface area contributed by atoms with E-state index in [1.165, 1.54) is 7.11 Å². The van der Waals surface area contributed by atoms with Gasteiger partial charge < -0.3 is 20.1 Å². The minimum Gasteiger partial charge on any atom is -0.497 e. The highest BCUT2D eigenvalue weighted by atomic mass is 35.5. The first-order chi connectivity index (χ1) is 12.0. The SMILES string of the molecule is COCc1ccc(CNC(=O)C(=O)Nc2cc(OC)ccc2Cl)cc1. The van der Waals surface area contributed by atoms with Crippen molar-refractivity contribution >= 4 is 29.1 Å². The molecule has 0 bridgehead atoms. The Bertz CT molecular complexity index is 747. The maximum atomic E-state index is 12.0. The molecule has 2 aromatic carbocycles. The third kappa shape index (κ3) is 5.48. The van der Waals surface area contributed by atoms with Gasteiger partial charge in [-0.25, -0.2) is 0 Å². The molecule has 2 amide bonds. The zero-order chi connectivity index (χ0) is 18.2. The van der Waals surface area contributed by atoms with Gasteiger partial charge in [0.1, 0.15) is 5.75 Å². The zero-order valence-corrected chi connectivity index (χ0v) is 14.7. The standard InChI is InChI=1S/C18H19ClN2O4/c1-24-11-13-5-3-12(4-6-13)10-20-17(22)18(23)21-16-9-14(25-2)7-8-15(16)19/h3-9H,10-11H2,1-2H3,(H,20,22)(H,21,23). The zero-order valence-electron chi connectivity index (χ0n) is 14.0. The minimum atomic E-state index is -0.800. The van der Waals surface area contributed by atoms with Gasteiger partial charge in [-0.05, 0) is 23.3 Å². The molecule has 0 aliphatic heterocycles. The molecular formula is C18H19ClN2O4. The third-order valence-corrected chi connectivity index (χ3v) is 3.74. The summed E-state index contributed by atoms with van der Waals surface area (Å²) in [6, 6.07) is 12.3. The van der Waals surface area contributed by atoms with E-state index in [0.29, 0.717) is 23.1 Å². The van der Waals surface area contributed by atoms with Crippen LogP contribution in [0.5, 0.6) is 5.75 Å². The molecule has 0 unspecified atom stereocenters. The normalized spacial score (nSPS) is 10.2. The monoisotopic (exact) mass is 362 g/mol. The second-order valence-corrected chi connectivity index (χ2v) is 5.64. The molecule has 0 radical (unpaired) electrons. The van der Waals surface area contributed by atoms with Gasteiger partial charge in [0, 0.05) is 19.7 Å². The second kappa shape index (κ2) is 9.05. The third-order valence-electron chi connectivity index (χ3n) is 3.42. The number of halogens is 1. The molecule has 132 valence electrons. The molecule has 0 aliphatic carbocycles. The van der Waals surface area contributed by atoms with Gasteiger partial charge in [0.25, 0.3) is 0 Å². The van der Waals surface area contributed by atoms with Gasteiger partial charge in [0.15, 0.2) is 0 Å². The molecule has 2 N–H and O–H groups in total. The Kier molecular flexibility index (Phi) is 6.80. The summed E-state index contributed by atoms with van der Waals surface area (Å²) in [5.41, 5.74) is 2.22. The molecule has 0 fully saturated rings. The van der Waals surface area contributed by atoms with Crippen LogP contribution >= 0.6 is 11.6 Å². The highest BCUT2D eigenvalue weighted by Crippen LogP contribution is 2.26. The van der Waals surface area contributed by atoms with Crippen LogP contribution in [0.4, 0.5) is 5.69 Å². The maximum Gasteiger partial charge on any atom is 0.313 e. The first kappa shape index (κ1) is 18.8. The van der Waals surface area contributed by atoms with Crippen molar-refractivity contribution in [1.82, 2.24) is 5.32 Å². The number of ether oxygens (including phenoxy) is 2. The van der Waals surface area contributed by atoms with Gasteiger partial charge in [-0.3, -0.25) is 9.59 Å². The Balaban J connectivity index is 1.91. The van der Waals surface area contributed by atoms with Gasteiger partial charge >= 0.3 is 11.8 Å². The van der Waals surface area contributed by atoms with E-state index >= 15 is 0 Å². The number of nitrogens with one attached hydrogen (secondary N) is 2. The van der Waals surface area contributed by atoms with E-state index in [4.69, 9.17) is 21.1 Å². The molecule has 0 aromatic heterocycles. The van der Waals surface area contributed by atoms with Crippen molar-refractivity contribution in [1.29, 1.82) is 0 Å². The van der Waals surface area contributed by atoms with E-state index in [-0.39, 0.29) is 6.54 Å². The predicted molar refractivity (Wildman–Crippen MR) is 95.6 cm³/mol. The number of hydrogen-bond acceptors (Lipinski definition) is 4. The lowest BCUT2D eigenvalue weighted by Crippen LogP contribution is -2.35. The highest BCUT2D eigenvalue weighted by molar-refractivity contribution is 6.41. The Morgan fingerprint density at radius 2 is 1.68 bits per heavy atom. The summed E-state index contributed by atoms with van der Waals surface area (Å²) in [7, 11) is 3.13. The number of hydrogen-bond donors (Lipinski definition) is 2. The first-order valence-electron chi connectivity index (χ1n) is 7.53. The lowest BCUT2D eigenvalue weighted by atomic mass is 10.1. The smallest absolute Gasteiger partial charge is 0.313 e. The largest absolute Gasteiger partial charge is 0.497 e. The molecule has 7 heteroatoms. The summed E-state index contributed by atoms with van der Waals surface area (Å²) < 4.78 is 10.1. The van der Waals surface area contributed by atoms with Crippen molar-refractivity contribution in [2.24, 2.45) is 0 Å². The number of amides is 2. The van der Waals surface area contributed by atoms with Crippen molar-refractivity contribution in [3.8, 4) is 5.75 Å². The topological polar surface area (TPSA) is 76.7 Å². The molecule has 0 heterocycles. The maximum absolute atomic E-state index is 12.0. The first-order valence-corrected chi connectivity index (χ1v) is 7.90. The van der Waals surface area contributed by atoms with E-state index in [1.807, 2.05) is 24.3 Å². The predicted octanol–water partition coefficient (Wildman–Crippen LogP) is 2.75. The Labute approximate surface area is 151 Å². The van der Waals surface area contributed by atoms with E-state index in [2.05, 4.69) is 10.6 Å². The molecule has 0 saturated carbocycles. The molecule has 0 aliphatic rings. The molecule has 0 spiro atoms. The van der Waals surface area contributed by atoms with E-state index in [9.17, 15) is 9.59 Å². The molecule has 0 atom stereocenters.